The van der Waals surface area contributed by atoms with Crippen LogP contribution in [0.15, 0.2) is 24.3 Å². The first-order chi connectivity index (χ1) is 9.74. The van der Waals surface area contributed by atoms with Gasteiger partial charge in [0.2, 0.25) is 0 Å². The minimum absolute atomic E-state index is 0.376. The van der Waals surface area contributed by atoms with Crippen LogP contribution in [0.2, 0.25) is 0 Å². The summed E-state index contributed by atoms with van der Waals surface area (Å²) in [5, 5.41) is 8.83. The lowest BCUT2D eigenvalue weighted by molar-refractivity contribution is 0.0697. The Morgan fingerprint density at radius 3 is 1.85 bits per heavy atom. The summed E-state index contributed by atoms with van der Waals surface area (Å²) in [4.78, 5) is 10.7. The van der Waals surface area contributed by atoms with Gasteiger partial charge in [0.25, 0.3) is 0 Å². The molecule has 0 amide bonds. The van der Waals surface area contributed by atoms with Gasteiger partial charge in [0, 0.05) is 0 Å². The van der Waals surface area contributed by atoms with Crippen LogP contribution in [-0.2, 0) is 6.42 Å². The fourth-order valence-electron chi connectivity index (χ4n) is 2.45. The summed E-state index contributed by atoms with van der Waals surface area (Å²) in [5.74, 6) is -0.848. The number of carbonyl (C=O) groups is 1. The van der Waals surface area contributed by atoms with Crippen molar-refractivity contribution < 1.29 is 9.90 Å². The standard InChI is InChI=1S/C18H28O2/c1-2-3-4-5-6-7-8-9-10-11-16-12-14-17(15-13-16)18(19)20/h12-15H,2-11H2,1H3,(H,19,20). The minimum Gasteiger partial charge on any atom is -0.478 e. The van der Waals surface area contributed by atoms with E-state index in [9.17, 15) is 4.79 Å². The topological polar surface area (TPSA) is 37.3 Å². The van der Waals surface area contributed by atoms with Gasteiger partial charge in [-0.15, -0.1) is 0 Å². The molecule has 0 radical (unpaired) electrons. The van der Waals surface area contributed by atoms with Crippen molar-refractivity contribution in [2.75, 3.05) is 0 Å². The van der Waals surface area contributed by atoms with E-state index in [4.69, 9.17) is 5.11 Å². The zero-order valence-corrected chi connectivity index (χ0v) is 12.7. The second-order valence-electron chi connectivity index (χ2n) is 5.58. The highest BCUT2D eigenvalue weighted by Crippen LogP contribution is 2.12. The number of unbranched alkanes of at least 4 members (excludes halogenated alkanes) is 8. The molecule has 1 rings (SSSR count). The van der Waals surface area contributed by atoms with Gasteiger partial charge in [-0.2, -0.15) is 0 Å². The molecule has 0 fully saturated rings. The third-order valence-corrected chi connectivity index (χ3v) is 3.77. The molecule has 1 aromatic rings. The van der Waals surface area contributed by atoms with Crippen molar-refractivity contribution in [1.29, 1.82) is 0 Å². The van der Waals surface area contributed by atoms with Gasteiger partial charge in [-0.25, -0.2) is 4.79 Å². The van der Waals surface area contributed by atoms with E-state index in [0.717, 1.165) is 6.42 Å². The molecule has 0 saturated carbocycles. The molecule has 0 aromatic heterocycles. The third-order valence-electron chi connectivity index (χ3n) is 3.77. The molecule has 1 N–H and O–H groups in total. The average Bonchev–Trinajstić information content (AvgIpc) is 2.46. The summed E-state index contributed by atoms with van der Waals surface area (Å²) >= 11 is 0. The Bertz CT molecular complexity index is 368. The molecule has 0 aliphatic heterocycles. The van der Waals surface area contributed by atoms with E-state index < -0.39 is 5.97 Å². The van der Waals surface area contributed by atoms with Crippen molar-refractivity contribution in [3.8, 4) is 0 Å². The smallest absolute Gasteiger partial charge is 0.335 e. The fraction of sp³-hybridized carbons (Fsp3) is 0.611. The molecule has 0 spiro atoms. The number of carboxylic acid groups (broad SMARTS) is 1. The molecule has 1 aromatic carbocycles. The number of carboxylic acids is 1. The summed E-state index contributed by atoms with van der Waals surface area (Å²) in [6.07, 6.45) is 13.1. The summed E-state index contributed by atoms with van der Waals surface area (Å²) in [5.41, 5.74) is 1.62. The molecule has 0 aliphatic rings. The highest BCUT2D eigenvalue weighted by molar-refractivity contribution is 5.87. The predicted molar refractivity (Wildman–Crippen MR) is 84.3 cm³/mol. The van der Waals surface area contributed by atoms with E-state index in [2.05, 4.69) is 6.92 Å². The SMILES string of the molecule is CCCCCCCCCCCc1ccc(C(=O)O)cc1. The van der Waals surface area contributed by atoms with Gasteiger partial charge in [-0.3, -0.25) is 0 Å². The molecular weight excluding hydrogens is 248 g/mol. The monoisotopic (exact) mass is 276 g/mol. The Labute approximate surface area is 123 Å². The summed E-state index contributed by atoms with van der Waals surface area (Å²) in [7, 11) is 0. The lowest BCUT2D eigenvalue weighted by atomic mass is 10.0. The lowest BCUT2D eigenvalue weighted by Crippen LogP contribution is -1.96. The number of hydrogen-bond acceptors (Lipinski definition) is 1. The van der Waals surface area contributed by atoms with E-state index in [0.29, 0.717) is 5.56 Å². The van der Waals surface area contributed by atoms with Crippen LogP contribution in [0.1, 0.15) is 80.6 Å². The molecule has 20 heavy (non-hydrogen) atoms. The molecule has 2 heteroatoms. The van der Waals surface area contributed by atoms with E-state index in [1.54, 1.807) is 12.1 Å². The number of aryl methyl sites for hydroxylation is 1. The normalized spacial score (nSPS) is 10.7. The number of benzene rings is 1. The Balaban J connectivity index is 2.02. The molecule has 0 aliphatic carbocycles. The summed E-state index contributed by atoms with van der Waals surface area (Å²) < 4.78 is 0. The Morgan fingerprint density at radius 1 is 0.850 bits per heavy atom. The molecule has 0 atom stereocenters. The third kappa shape index (κ3) is 7.32. The van der Waals surface area contributed by atoms with Crippen LogP contribution in [0.3, 0.4) is 0 Å². The number of hydrogen-bond donors (Lipinski definition) is 1. The summed E-state index contributed by atoms with van der Waals surface area (Å²) in [6.45, 7) is 2.25. The van der Waals surface area contributed by atoms with Crippen molar-refractivity contribution >= 4 is 5.97 Å². The molecule has 2 nitrogen and oxygen atoms in total. The number of aromatic carboxylic acids is 1. The first kappa shape index (κ1) is 16.7. The molecule has 0 bridgehead atoms. The van der Waals surface area contributed by atoms with Crippen LogP contribution in [0.5, 0.6) is 0 Å². The van der Waals surface area contributed by atoms with Gasteiger partial charge in [0.1, 0.15) is 0 Å². The zero-order chi connectivity index (χ0) is 14.6. The van der Waals surface area contributed by atoms with Gasteiger partial charge in [-0.05, 0) is 30.5 Å². The number of rotatable bonds is 11. The van der Waals surface area contributed by atoms with Gasteiger partial charge in [0.15, 0.2) is 0 Å². The van der Waals surface area contributed by atoms with Crippen molar-refractivity contribution in [3.63, 3.8) is 0 Å². The summed E-state index contributed by atoms with van der Waals surface area (Å²) in [6, 6.07) is 7.28. The van der Waals surface area contributed by atoms with Gasteiger partial charge in [-0.1, -0.05) is 70.4 Å². The van der Waals surface area contributed by atoms with E-state index in [1.165, 1.54) is 63.4 Å². The van der Waals surface area contributed by atoms with Crippen LogP contribution in [0.4, 0.5) is 0 Å². The van der Waals surface area contributed by atoms with Crippen molar-refractivity contribution in [3.05, 3.63) is 35.4 Å². The average molecular weight is 276 g/mol. The van der Waals surface area contributed by atoms with Gasteiger partial charge < -0.3 is 5.11 Å². The largest absolute Gasteiger partial charge is 0.478 e. The molecule has 112 valence electrons. The van der Waals surface area contributed by atoms with Gasteiger partial charge >= 0.3 is 5.97 Å². The van der Waals surface area contributed by atoms with Crippen LogP contribution in [0.25, 0.3) is 0 Å². The lowest BCUT2D eigenvalue weighted by Gasteiger charge is -2.03. The van der Waals surface area contributed by atoms with Gasteiger partial charge in [0.05, 0.1) is 5.56 Å². The maximum absolute atomic E-state index is 10.7. The quantitative estimate of drug-likeness (QED) is 0.545. The Kier molecular flexibility index (Phi) is 8.77. The first-order valence-corrected chi connectivity index (χ1v) is 8.06. The van der Waals surface area contributed by atoms with Crippen molar-refractivity contribution in [2.24, 2.45) is 0 Å². The highest BCUT2D eigenvalue weighted by atomic mass is 16.4. The maximum Gasteiger partial charge on any atom is 0.335 e. The van der Waals surface area contributed by atoms with E-state index in [-0.39, 0.29) is 0 Å². The maximum atomic E-state index is 10.7. The second-order valence-corrected chi connectivity index (χ2v) is 5.58. The van der Waals surface area contributed by atoms with Crippen LogP contribution < -0.4 is 0 Å². The first-order valence-electron chi connectivity index (χ1n) is 8.06. The molecule has 0 heterocycles. The van der Waals surface area contributed by atoms with Crippen LogP contribution in [-0.4, -0.2) is 11.1 Å². The second kappa shape index (κ2) is 10.5. The molecule has 0 unspecified atom stereocenters. The molecule has 0 saturated heterocycles. The zero-order valence-electron chi connectivity index (χ0n) is 12.7. The van der Waals surface area contributed by atoms with E-state index >= 15 is 0 Å². The molecular formula is C18H28O2. The van der Waals surface area contributed by atoms with Crippen LogP contribution in [0, 0.1) is 0 Å². The highest BCUT2D eigenvalue weighted by Gasteiger charge is 2.01. The van der Waals surface area contributed by atoms with Crippen LogP contribution >= 0.6 is 0 Å². The minimum atomic E-state index is -0.848. The van der Waals surface area contributed by atoms with E-state index in [1.807, 2.05) is 12.1 Å². The Morgan fingerprint density at radius 2 is 1.35 bits per heavy atom. The van der Waals surface area contributed by atoms with Crippen molar-refractivity contribution in [2.45, 2.75) is 71.1 Å². The van der Waals surface area contributed by atoms with Crippen molar-refractivity contribution in [1.82, 2.24) is 0 Å². The Hall–Kier alpha value is -1.31. The fourth-order valence-corrected chi connectivity index (χ4v) is 2.45. The predicted octanol–water partition coefficient (Wildman–Crippen LogP) is 5.46.